The Morgan fingerprint density at radius 1 is 1.12 bits per heavy atom. The normalized spacial score (nSPS) is 10.4. The Morgan fingerprint density at radius 3 is 2.56 bits per heavy atom. The van der Waals surface area contributed by atoms with Gasteiger partial charge in [0.25, 0.3) is 0 Å². The quantitative estimate of drug-likeness (QED) is 0.807. The number of hydrogen-bond acceptors (Lipinski definition) is 3. The van der Waals surface area contributed by atoms with Gasteiger partial charge in [-0.05, 0) is 17.7 Å². The zero-order valence-corrected chi connectivity index (χ0v) is 8.65. The van der Waals surface area contributed by atoms with Crippen molar-refractivity contribution in [1.82, 2.24) is 4.98 Å². The molecule has 0 aliphatic heterocycles. The van der Waals surface area contributed by atoms with Gasteiger partial charge in [-0.25, -0.2) is 9.37 Å². The van der Waals surface area contributed by atoms with E-state index in [1.54, 1.807) is 30.5 Å². The van der Waals surface area contributed by atoms with E-state index < -0.39 is 0 Å². The lowest BCUT2D eigenvalue weighted by molar-refractivity contribution is 0.631. The van der Waals surface area contributed by atoms with Crippen molar-refractivity contribution in [3.8, 4) is 11.1 Å². The second-order valence-electron chi connectivity index (χ2n) is 3.41. The van der Waals surface area contributed by atoms with Gasteiger partial charge in [0.15, 0.2) is 0 Å². The third kappa shape index (κ3) is 1.75. The molecule has 2 aromatic rings. The van der Waals surface area contributed by atoms with E-state index >= 15 is 0 Å². The summed E-state index contributed by atoms with van der Waals surface area (Å²) in [5.41, 5.74) is 13.2. The van der Waals surface area contributed by atoms with E-state index in [0.29, 0.717) is 22.5 Å². The second-order valence-corrected chi connectivity index (χ2v) is 3.41. The maximum absolute atomic E-state index is 13.6. The Kier molecular flexibility index (Phi) is 2.83. The fraction of sp³-hybridized carbons (Fsp3) is 0.0833. The van der Waals surface area contributed by atoms with E-state index in [1.807, 2.05) is 0 Å². The number of anilines is 1. The van der Waals surface area contributed by atoms with Gasteiger partial charge in [0.2, 0.25) is 0 Å². The monoisotopic (exact) mass is 217 g/mol. The number of nitrogen functional groups attached to an aromatic ring is 1. The molecule has 0 aliphatic carbocycles. The number of nitrogens with two attached hydrogens (primary N) is 2. The van der Waals surface area contributed by atoms with Crippen molar-refractivity contribution in [2.75, 3.05) is 5.73 Å². The molecule has 0 unspecified atom stereocenters. The van der Waals surface area contributed by atoms with Crippen molar-refractivity contribution in [3.05, 3.63) is 47.9 Å². The lowest BCUT2D eigenvalue weighted by atomic mass is 10.0. The van der Waals surface area contributed by atoms with Gasteiger partial charge in [-0.3, -0.25) is 0 Å². The van der Waals surface area contributed by atoms with E-state index in [0.717, 1.165) is 0 Å². The standard InChI is InChI=1S/C12H12FN3/c13-11-4-2-1-3-9(11)8-5-6-16-12(15)10(8)7-14/h1-6H,7,14H2,(H2,15,16). The van der Waals surface area contributed by atoms with E-state index in [2.05, 4.69) is 4.98 Å². The highest BCUT2D eigenvalue weighted by Gasteiger charge is 2.10. The van der Waals surface area contributed by atoms with Gasteiger partial charge in [-0.1, -0.05) is 18.2 Å². The second kappa shape index (κ2) is 4.28. The SMILES string of the molecule is NCc1c(-c2ccccc2F)ccnc1N. The topological polar surface area (TPSA) is 64.9 Å². The van der Waals surface area contributed by atoms with Gasteiger partial charge in [0.05, 0.1) is 0 Å². The molecule has 0 amide bonds. The van der Waals surface area contributed by atoms with Gasteiger partial charge >= 0.3 is 0 Å². The maximum atomic E-state index is 13.6. The van der Waals surface area contributed by atoms with Gasteiger partial charge in [-0.2, -0.15) is 0 Å². The molecule has 1 aromatic heterocycles. The molecule has 1 heterocycles. The molecule has 0 bridgehead atoms. The Bertz CT molecular complexity index is 511. The molecule has 0 spiro atoms. The summed E-state index contributed by atoms with van der Waals surface area (Å²) in [6.07, 6.45) is 1.55. The molecule has 0 saturated carbocycles. The fourth-order valence-electron chi connectivity index (χ4n) is 1.66. The van der Waals surface area contributed by atoms with Crippen LogP contribution in [0.25, 0.3) is 11.1 Å². The number of benzene rings is 1. The molecule has 0 saturated heterocycles. The molecule has 0 atom stereocenters. The van der Waals surface area contributed by atoms with Crippen LogP contribution in [0, 0.1) is 5.82 Å². The predicted molar refractivity (Wildman–Crippen MR) is 61.9 cm³/mol. The predicted octanol–water partition coefficient (Wildman–Crippen LogP) is 1.93. The number of hydrogen-bond donors (Lipinski definition) is 2. The number of nitrogens with zero attached hydrogens (tertiary/aromatic N) is 1. The van der Waals surface area contributed by atoms with Crippen LogP contribution in [0.15, 0.2) is 36.5 Å². The first-order valence-electron chi connectivity index (χ1n) is 4.92. The lowest BCUT2D eigenvalue weighted by Crippen LogP contribution is -2.06. The van der Waals surface area contributed by atoms with Crippen LogP contribution in [0.3, 0.4) is 0 Å². The van der Waals surface area contributed by atoms with Gasteiger partial charge in [-0.15, -0.1) is 0 Å². The lowest BCUT2D eigenvalue weighted by Gasteiger charge is -2.10. The van der Waals surface area contributed by atoms with E-state index in [-0.39, 0.29) is 12.4 Å². The Balaban J connectivity index is 2.65. The average molecular weight is 217 g/mol. The molecule has 16 heavy (non-hydrogen) atoms. The molecule has 3 nitrogen and oxygen atoms in total. The molecule has 0 fully saturated rings. The molecular weight excluding hydrogens is 205 g/mol. The molecule has 1 aromatic carbocycles. The van der Waals surface area contributed by atoms with Gasteiger partial charge < -0.3 is 11.5 Å². The molecule has 2 rings (SSSR count). The largest absolute Gasteiger partial charge is 0.383 e. The first kappa shape index (κ1) is 10.6. The van der Waals surface area contributed by atoms with Gasteiger partial charge in [0.1, 0.15) is 11.6 Å². The van der Waals surface area contributed by atoms with E-state index in [9.17, 15) is 4.39 Å². The highest BCUT2D eigenvalue weighted by molar-refractivity contribution is 5.71. The van der Waals surface area contributed by atoms with Crippen LogP contribution in [-0.4, -0.2) is 4.98 Å². The summed E-state index contributed by atoms with van der Waals surface area (Å²) < 4.78 is 13.6. The van der Waals surface area contributed by atoms with Crippen LogP contribution in [0.4, 0.5) is 10.2 Å². The summed E-state index contributed by atoms with van der Waals surface area (Å²) in [6.45, 7) is 0.239. The summed E-state index contributed by atoms with van der Waals surface area (Å²) in [7, 11) is 0. The Labute approximate surface area is 92.9 Å². The van der Waals surface area contributed by atoms with Crippen molar-refractivity contribution < 1.29 is 4.39 Å². The number of rotatable bonds is 2. The molecule has 4 heteroatoms. The van der Waals surface area contributed by atoms with Crippen molar-refractivity contribution in [1.29, 1.82) is 0 Å². The molecule has 82 valence electrons. The van der Waals surface area contributed by atoms with Crippen molar-refractivity contribution in [3.63, 3.8) is 0 Å². The minimum Gasteiger partial charge on any atom is -0.383 e. The van der Waals surface area contributed by atoms with Gasteiger partial charge in [0, 0.05) is 23.9 Å². The Hall–Kier alpha value is -1.94. The fourth-order valence-corrected chi connectivity index (χ4v) is 1.66. The third-order valence-electron chi connectivity index (χ3n) is 2.46. The van der Waals surface area contributed by atoms with Crippen LogP contribution in [0.5, 0.6) is 0 Å². The molecular formula is C12H12FN3. The van der Waals surface area contributed by atoms with Crippen molar-refractivity contribution in [2.45, 2.75) is 6.54 Å². The van der Waals surface area contributed by atoms with E-state index in [4.69, 9.17) is 11.5 Å². The summed E-state index contributed by atoms with van der Waals surface area (Å²) in [5, 5.41) is 0. The van der Waals surface area contributed by atoms with Crippen LogP contribution in [0.1, 0.15) is 5.56 Å². The van der Waals surface area contributed by atoms with Crippen LogP contribution in [-0.2, 0) is 6.54 Å². The minimum absolute atomic E-state index is 0.239. The zero-order valence-electron chi connectivity index (χ0n) is 8.65. The smallest absolute Gasteiger partial charge is 0.131 e. The highest BCUT2D eigenvalue weighted by Crippen LogP contribution is 2.27. The van der Waals surface area contributed by atoms with Crippen molar-refractivity contribution in [2.24, 2.45) is 5.73 Å². The maximum Gasteiger partial charge on any atom is 0.131 e. The summed E-state index contributed by atoms with van der Waals surface area (Å²) in [4.78, 5) is 3.94. The Morgan fingerprint density at radius 2 is 1.88 bits per heavy atom. The number of halogens is 1. The zero-order chi connectivity index (χ0) is 11.5. The van der Waals surface area contributed by atoms with Crippen LogP contribution >= 0.6 is 0 Å². The molecule has 0 radical (unpaired) electrons. The third-order valence-corrected chi connectivity index (χ3v) is 2.46. The summed E-state index contributed by atoms with van der Waals surface area (Å²) in [6, 6.07) is 8.24. The van der Waals surface area contributed by atoms with Crippen molar-refractivity contribution >= 4 is 5.82 Å². The highest BCUT2D eigenvalue weighted by atomic mass is 19.1. The summed E-state index contributed by atoms with van der Waals surface area (Å²) >= 11 is 0. The summed E-state index contributed by atoms with van der Waals surface area (Å²) in [5.74, 6) is 0.0612. The first-order chi connectivity index (χ1) is 7.74. The van der Waals surface area contributed by atoms with E-state index in [1.165, 1.54) is 6.07 Å². The van der Waals surface area contributed by atoms with Crippen LogP contribution < -0.4 is 11.5 Å². The molecule has 0 aliphatic rings. The molecule has 4 N–H and O–H groups in total. The first-order valence-corrected chi connectivity index (χ1v) is 4.92. The number of pyridine rings is 1. The van der Waals surface area contributed by atoms with Crippen LogP contribution in [0.2, 0.25) is 0 Å². The number of aromatic nitrogens is 1. The average Bonchev–Trinajstić information content (AvgIpc) is 2.29. The minimum atomic E-state index is -0.289.